The van der Waals surface area contributed by atoms with E-state index in [0.717, 1.165) is 5.69 Å². The van der Waals surface area contributed by atoms with Crippen LogP contribution in [0.15, 0.2) is 79.0 Å². The molecule has 7 heteroatoms. The third-order valence-corrected chi connectivity index (χ3v) is 4.57. The Hall–Kier alpha value is -4.00. The molecule has 0 aliphatic heterocycles. The molecule has 30 heavy (non-hydrogen) atoms. The lowest BCUT2D eigenvalue weighted by Crippen LogP contribution is -2.25. The molecule has 0 radical (unpaired) electrons. The lowest BCUT2D eigenvalue weighted by atomic mass is 10.1. The lowest BCUT2D eigenvalue weighted by molar-refractivity contribution is 0.0942. The zero-order valence-electron chi connectivity index (χ0n) is 16.2. The average Bonchev–Trinajstić information content (AvgIpc) is 3.24. The molecule has 0 aliphatic carbocycles. The molecule has 0 saturated heterocycles. The number of pyridine rings is 1. The molecule has 2 aromatic carbocycles. The van der Waals surface area contributed by atoms with Crippen molar-refractivity contribution >= 4 is 5.91 Å². The van der Waals surface area contributed by atoms with E-state index in [1.165, 1.54) is 10.7 Å². The summed E-state index contributed by atoms with van der Waals surface area (Å²) in [5.74, 6) is -0.0646. The Morgan fingerprint density at radius 3 is 2.53 bits per heavy atom. The van der Waals surface area contributed by atoms with Gasteiger partial charge in [0.15, 0.2) is 0 Å². The van der Waals surface area contributed by atoms with Crippen molar-refractivity contribution in [3.05, 3.63) is 96.2 Å². The fourth-order valence-corrected chi connectivity index (χ4v) is 3.03. The lowest BCUT2D eigenvalue weighted by Gasteiger charge is -2.09. The SMILES string of the molecule is COc1ccc(-n2nc(-c3ccccc3F)cc2C(=O)NCc2ccccn2)cc1. The van der Waals surface area contributed by atoms with Crippen LogP contribution in [-0.2, 0) is 6.54 Å². The van der Waals surface area contributed by atoms with Crippen LogP contribution in [0, 0.1) is 5.82 Å². The number of carbonyl (C=O) groups is 1. The number of aromatic nitrogens is 3. The van der Waals surface area contributed by atoms with Crippen LogP contribution in [0.3, 0.4) is 0 Å². The molecule has 0 atom stereocenters. The van der Waals surface area contributed by atoms with Gasteiger partial charge < -0.3 is 10.1 Å². The minimum atomic E-state index is -0.405. The van der Waals surface area contributed by atoms with E-state index in [1.54, 1.807) is 61.8 Å². The van der Waals surface area contributed by atoms with Gasteiger partial charge in [0.2, 0.25) is 0 Å². The molecule has 1 amide bonds. The van der Waals surface area contributed by atoms with Crippen molar-refractivity contribution in [3.8, 4) is 22.7 Å². The Morgan fingerprint density at radius 1 is 1.07 bits per heavy atom. The quantitative estimate of drug-likeness (QED) is 0.529. The number of nitrogens with zero attached hydrogens (tertiary/aromatic N) is 3. The van der Waals surface area contributed by atoms with Crippen molar-refractivity contribution < 1.29 is 13.9 Å². The van der Waals surface area contributed by atoms with Crippen LogP contribution in [-0.4, -0.2) is 27.8 Å². The molecular formula is C23H19FN4O2. The monoisotopic (exact) mass is 402 g/mol. The van der Waals surface area contributed by atoms with Gasteiger partial charge in [-0.25, -0.2) is 9.07 Å². The summed E-state index contributed by atoms with van der Waals surface area (Å²) >= 11 is 0. The van der Waals surface area contributed by atoms with Gasteiger partial charge in [-0.2, -0.15) is 5.10 Å². The molecule has 1 N–H and O–H groups in total. The number of rotatable bonds is 6. The first-order valence-electron chi connectivity index (χ1n) is 9.33. The number of ether oxygens (including phenoxy) is 1. The van der Waals surface area contributed by atoms with E-state index in [1.807, 2.05) is 18.2 Å². The van der Waals surface area contributed by atoms with Crippen molar-refractivity contribution in [2.24, 2.45) is 0 Å². The predicted octanol–water partition coefficient (Wildman–Crippen LogP) is 4.01. The summed E-state index contributed by atoms with van der Waals surface area (Å²) in [4.78, 5) is 17.2. The minimum Gasteiger partial charge on any atom is -0.497 e. The molecule has 6 nitrogen and oxygen atoms in total. The van der Waals surface area contributed by atoms with Crippen molar-refractivity contribution in [1.29, 1.82) is 0 Å². The molecule has 4 rings (SSSR count). The standard InChI is InChI=1S/C23H19FN4O2/c1-30-18-11-9-17(10-12-18)28-22(23(29)26-15-16-6-4-5-13-25-16)14-21(27-28)19-7-2-3-8-20(19)24/h2-14H,15H2,1H3,(H,26,29). The maximum absolute atomic E-state index is 14.3. The van der Waals surface area contributed by atoms with E-state index in [-0.39, 0.29) is 18.1 Å². The van der Waals surface area contributed by atoms with E-state index in [9.17, 15) is 9.18 Å². The van der Waals surface area contributed by atoms with Gasteiger partial charge in [0.25, 0.3) is 5.91 Å². The summed E-state index contributed by atoms with van der Waals surface area (Å²) in [5.41, 5.74) is 2.36. The Bertz CT molecular complexity index is 1160. The molecule has 0 fully saturated rings. The molecule has 2 heterocycles. The average molecular weight is 402 g/mol. The second kappa shape index (κ2) is 8.57. The first-order valence-corrected chi connectivity index (χ1v) is 9.33. The summed E-state index contributed by atoms with van der Waals surface area (Å²) in [6.07, 6.45) is 1.67. The van der Waals surface area contributed by atoms with Crippen molar-refractivity contribution in [2.45, 2.75) is 6.54 Å². The number of benzene rings is 2. The van der Waals surface area contributed by atoms with Gasteiger partial charge >= 0.3 is 0 Å². The number of halogens is 1. The van der Waals surface area contributed by atoms with Gasteiger partial charge in [-0.15, -0.1) is 0 Å². The number of carbonyl (C=O) groups excluding carboxylic acids is 1. The van der Waals surface area contributed by atoms with Crippen LogP contribution in [0.25, 0.3) is 16.9 Å². The van der Waals surface area contributed by atoms with Gasteiger partial charge in [-0.05, 0) is 54.6 Å². The highest BCUT2D eigenvalue weighted by atomic mass is 19.1. The first-order chi connectivity index (χ1) is 14.7. The first kappa shape index (κ1) is 19.3. The zero-order valence-corrected chi connectivity index (χ0v) is 16.2. The van der Waals surface area contributed by atoms with Gasteiger partial charge in [0.1, 0.15) is 17.3 Å². The van der Waals surface area contributed by atoms with Crippen molar-refractivity contribution in [2.75, 3.05) is 7.11 Å². The molecule has 4 aromatic rings. The Morgan fingerprint density at radius 2 is 1.83 bits per heavy atom. The van der Waals surface area contributed by atoms with E-state index >= 15 is 0 Å². The number of methoxy groups -OCH3 is 1. The van der Waals surface area contributed by atoms with Crippen LogP contribution in [0.2, 0.25) is 0 Å². The molecule has 0 saturated carbocycles. The van der Waals surface area contributed by atoms with Crippen LogP contribution < -0.4 is 10.1 Å². The fourth-order valence-electron chi connectivity index (χ4n) is 3.03. The smallest absolute Gasteiger partial charge is 0.270 e. The fraction of sp³-hybridized carbons (Fsp3) is 0.0870. The maximum atomic E-state index is 14.3. The molecule has 0 unspecified atom stereocenters. The zero-order chi connectivity index (χ0) is 20.9. The van der Waals surface area contributed by atoms with Gasteiger partial charge in [-0.3, -0.25) is 9.78 Å². The van der Waals surface area contributed by atoms with E-state index < -0.39 is 5.82 Å². The molecule has 0 aliphatic rings. The highest BCUT2D eigenvalue weighted by Gasteiger charge is 2.19. The largest absolute Gasteiger partial charge is 0.497 e. The topological polar surface area (TPSA) is 69.0 Å². The molecule has 0 spiro atoms. The number of hydrogen-bond donors (Lipinski definition) is 1. The number of amides is 1. The van der Waals surface area contributed by atoms with Crippen LogP contribution in [0.5, 0.6) is 5.75 Å². The second-order valence-corrected chi connectivity index (χ2v) is 6.51. The van der Waals surface area contributed by atoms with Crippen molar-refractivity contribution in [3.63, 3.8) is 0 Å². The summed E-state index contributed by atoms with van der Waals surface area (Å²) in [6.45, 7) is 0.266. The van der Waals surface area contributed by atoms with Crippen molar-refractivity contribution in [1.82, 2.24) is 20.1 Å². The van der Waals surface area contributed by atoms with Gasteiger partial charge in [-0.1, -0.05) is 18.2 Å². The normalized spacial score (nSPS) is 10.6. The highest BCUT2D eigenvalue weighted by Crippen LogP contribution is 2.25. The Labute approximate surface area is 173 Å². The third-order valence-electron chi connectivity index (χ3n) is 4.57. The van der Waals surface area contributed by atoms with Gasteiger partial charge in [0, 0.05) is 11.8 Å². The van der Waals surface area contributed by atoms with E-state index in [4.69, 9.17) is 4.74 Å². The minimum absolute atomic E-state index is 0.266. The third kappa shape index (κ3) is 4.05. The number of hydrogen-bond acceptors (Lipinski definition) is 4. The summed E-state index contributed by atoms with van der Waals surface area (Å²) in [5, 5.41) is 7.35. The Kier molecular flexibility index (Phi) is 5.52. The predicted molar refractivity (Wildman–Crippen MR) is 111 cm³/mol. The maximum Gasteiger partial charge on any atom is 0.270 e. The molecular weight excluding hydrogens is 383 g/mol. The van der Waals surface area contributed by atoms with E-state index in [2.05, 4.69) is 15.4 Å². The van der Waals surface area contributed by atoms with Crippen LogP contribution >= 0.6 is 0 Å². The van der Waals surface area contributed by atoms with Gasteiger partial charge in [0.05, 0.1) is 30.7 Å². The summed E-state index contributed by atoms with van der Waals surface area (Å²) in [7, 11) is 1.58. The highest BCUT2D eigenvalue weighted by molar-refractivity contribution is 5.94. The molecule has 2 aromatic heterocycles. The van der Waals surface area contributed by atoms with Crippen LogP contribution in [0.4, 0.5) is 4.39 Å². The molecule has 150 valence electrons. The number of nitrogens with one attached hydrogen (secondary N) is 1. The van der Waals surface area contributed by atoms with Crippen LogP contribution in [0.1, 0.15) is 16.2 Å². The summed E-state index contributed by atoms with van der Waals surface area (Å²) < 4.78 is 21.0. The Balaban J connectivity index is 1.71. The molecule has 0 bridgehead atoms. The second-order valence-electron chi connectivity index (χ2n) is 6.51. The van der Waals surface area contributed by atoms with E-state index in [0.29, 0.717) is 22.7 Å². The summed E-state index contributed by atoms with van der Waals surface area (Å²) in [6, 6.07) is 20.5.